The zero-order valence-electron chi connectivity index (χ0n) is 6.68. The Labute approximate surface area is 62.1 Å². The monoisotopic (exact) mass is 138 g/mol. The van der Waals surface area contributed by atoms with E-state index >= 15 is 0 Å². The van der Waals surface area contributed by atoms with Crippen molar-refractivity contribution in [1.29, 1.82) is 0 Å². The van der Waals surface area contributed by atoms with Crippen molar-refractivity contribution in [3.8, 4) is 0 Å². The van der Waals surface area contributed by atoms with E-state index in [-0.39, 0.29) is 0 Å². The summed E-state index contributed by atoms with van der Waals surface area (Å²) in [5.41, 5.74) is 1.41. The number of hydrogen-bond donors (Lipinski definition) is 0. The second kappa shape index (κ2) is 2.57. The Morgan fingerprint density at radius 3 is 2.70 bits per heavy atom. The van der Waals surface area contributed by atoms with Crippen LogP contribution in [0.25, 0.3) is 0 Å². The van der Waals surface area contributed by atoms with Gasteiger partial charge in [-0.2, -0.15) is 0 Å². The van der Waals surface area contributed by atoms with Gasteiger partial charge in [0.2, 0.25) is 0 Å². The third-order valence-corrected chi connectivity index (χ3v) is 2.16. The van der Waals surface area contributed by atoms with E-state index in [9.17, 15) is 4.79 Å². The fourth-order valence-electron chi connectivity index (χ4n) is 1.20. The SMILES string of the molecule is CC1(C)CC=C(C=O)CC1. The largest absolute Gasteiger partial charge is 0.298 e. The van der Waals surface area contributed by atoms with Gasteiger partial charge in [-0.05, 0) is 30.3 Å². The average Bonchev–Trinajstić information content (AvgIpc) is 1.88. The van der Waals surface area contributed by atoms with Crippen molar-refractivity contribution < 1.29 is 4.79 Å². The summed E-state index contributed by atoms with van der Waals surface area (Å²) in [7, 11) is 0. The summed E-state index contributed by atoms with van der Waals surface area (Å²) in [4.78, 5) is 10.3. The van der Waals surface area contributed by atoms with Crippen LogP contribution in [-0.4, -0.2) is 6.29 Å². The first-order chi connectivity index (χ1) is 4.64. The maximum absolute atomic E-state index is 10.3. The van der Waals surface area contributed by atoms with E-state index in [0.717, 1.165) is 31.1 Å². The molecule has 0 aromatic heterocycles. The second-order valence-corrected chi connectivity index (χ2v) is 3.77. The Balaban J connectivity index is 2.60. The van der Waals surface area contributed by atoms with Gasteiger partial charge in [-0.15, -0.1) is 0 Å². The lowest BCUT2D eigenvalue weighted by atomic mass is 9.79. The molecule has 10 heavy (non-hydrogen) atoms. The third kappa shape index (κ3) is 1.69. The van der Waals surface area contributed by atoms with E-state index in [1.54, 1.807) is 0 Å². The Kier molecular flexibility index (Phi) is 1.93. The average molecular weight is 138 g/mol. The van der Waals surface area contributed by atoms with Gasteiger partial charge >= 0.3 is 0 Å². The molecule has 1 rings (SSSR count). The molecule has 0 amide bonds. The molecule has 0 aromatic carbocycles. The van der Waals surface area contributed by atoms with Crippen LogP contribution in [0.2, 0.25) is 0 Å². The quantitative estimate of drug-likeness (QED) is 0.508. The third-order valence-electron chi connectivity index (χ3n) is 2.16. The van der Waals surface area contributed by atoms with Gasteiger partial charge in [0.05, 0.1) is 0 Å². The van der Waals surface area contributed by atoms with Crippen LogP contribution in [0.4, 0.5) is 0 Å². The summed E-state index contributed by atoms with van der Waals surface area (Å²) in [6.07, 6.45) is 6.22. The van der Waals surface area contributed by atoms with E-state index in [4.69, 9.17) is 0 Å². The standard InChI is InChI=1S/C9H14O/c1-9(2)5-3-8(7-10)4-6-9/h3,7H,4-6H2,1-2H3. The topological polar surface area (TPSA) is 17.1 Å². The van der Waals surface area contributed by atoms with Crippen molar-refractivity contribution in [2.75, 3.05) is 0 Å². The molecule has 0 spiro atoms. The van der Waals surface area contributed by atoms with Crippen LogP contribution < -0.4 is 0 Å². The summed E-state index contributed by atoms with van der Waals surface area (Å²) in [5, 5.41) is 0. The molecule has 0 heterocycles. The van der Waals surface area contributed by atoms with Crippen molar-refractivity contribution >= 4 is 6.29 Å². The molecule has 0 fully saturated rings. The summed E-state index contributed by atoms with van der Waals surface area (Å²) in [6.45, 7) is 4.48. The fraction of sp³-hybridized carbons (Fsp3) is 0.667. The summed E-state index contributed by atoms with van der Waals surface area (Å²) >= 11 is 0. The smallest absolute Gasteiger partial charge is 0.145 e. The summed E-state index contributed by atoms with van der Waals surface area (Å²) < 4.78 is 0. The van der Waals surface area contributed by atoms with E-state index in [1.807, 2.05) is 0 Å². The molecule has 0 aliphatic heterocycles. The molecule has 0 bridgehead atoms. The van der Waals surface area contributed by atoms with Crippen LogP contribution in [0.3, 0.4) is 0 Å². The highest BCUT2D eigenvalue weighted by atomic mass is 16.1. The van der Waals surface area contributed by atoms with E-state index in [0.29, 0.717) is 5.41 Å². The van der Waals surface area contributed by atoms with Gasteiger partial charge in [-0.3, -0.25) is 4.79 Å². The predicted molar refractivity (Wildman–Crippen MR) is 41.8 cm³/mol. The molecule has 1 aliphatic rings. The zero-order chi connectivity index (χ0) is 7.61. The fourth-order valence-corrected chi connectivity index (χ4v) is 1.20. The van der Waals surface area contributed by atoms with Crippen LogP contribution in [0, 0.1) is 5.41 Å². The molecule has 1 aliphatic carbocycles. The van der Waals surface area contributed by atoms with Crippen LogP contribution in [-0.2, 0) is 4.79 Å². The Morgan fingerprint density at radius 1 is 1.60 bits per heavy atom. The molecule has 56 valence electrons. The lowest BCUT2D eigenvalue weighted by molar-refractivity contribution is -0.105. The molecular weight excluding hydrogens is 124 g/mol. The van der Waals surface area contributed by atoms with Crippen LogP contribution in [0.1, 0.15) is 33.1 Å². The predicted octanol–water partition coefficient (Wildman–Crippen LogP) is 2.32. The highest BCUT2D eigenvalue weighted by molar-refractivity contribution is 5.73. The number of carbonyl (C=O) groups excluding carboxylic acids is 1. The first kappa shape index (κ1) is 7.52. The van der Waals surface area contributed by atoms with Crippen molar-refractivity contribution in [1.82, 2.24) is 0 Å². The maximum Gasteiger partial charge on any atom is 0.145 e. The molecular formula is C9H14O. The normalized spacial score (nSPS) is 23.6. The molecule has 0 unspecified atom stereocenters. The first-order valence-corrected chi connectivity index (χ1v) is 3.78. The van der Waals surface area contributed by atoms with Gasteiger partial charge in [0.25, 0.3) is 0 Å². The molecule has 0 N–H and O–H groups in total. The van der Waals surface area contributed by atoms with Crippen molar-refractivity contribution in [3.63, 3.8) is 0 Å². The van der Waals surface area contributed by atoms with E-state index in [1.165, 1.54) is 0 Å². The van der Waals surface area contributed by atoms with Gasteiger partial charge in [0, 0.05) is 0 Å². The second-order valence-electron chi connectivity index (χ2n) is 3.77. The highest BCUT2D eigenvalue weighted by Gasteiger charge is 2.20. The van der Waals surface area contributed by atoms with Crippen molar-refractivity contribution in [2.45, 2.75) is 33.1 Å². The molecule has 0 radical (unpaired) electrons. The van der Waals surface area contributed by atoms with Crippen LogP contribution >= 0.6 is 0 Å². The minimum absolute atomic E-state index is 0.423. The van der Waals surface area contributed by atoms with Gasteiger partial charge < -0.3 is 0 Å². The number of allylic oxidation sites excluding steroid dienone is 2. The molecule has 0 saturated carbocycles. The Bertz CT molecular complexity index is 166. The summed E-state index contributed by atoms with van der Waals surface area (Å²) in [5.74, 6) is 0. The molecule has 0 saturated heterocycles. The van der Waals surface area contributed by atoms with Gasteiger partial charge in [0.1, 0.15) is 6.29 Å². The molecule has 1 nitrogen and oxygen atoms in total. The van der Waals surface area contributed by atoms with Gasteiger partial charge in [0.15, 0.2) is 0 Å². The Morgan fingerprint density at radius 2 is 2.30 bits per heavy atom. The van der Waals surface area contributed by atoms with Crippen molar-refractivity contribution in [2.24, 2.45) is 5.41 Å². The Hall–Kier alpha value is -0.590. The van der Waals surface area contributed by atoms with E-state index in [2.05, 4.69) is 19.9 Å². The summed E-state index contributed by atoms with van der Waals surface area (Å²) in [6, 6.07) is 0. The zero-order valence-corrected chi connectivity index (χ0v) is 6.68. The van der Waals surface area contributed by atoms with Crippen LogP contribution in [0.15, 0.2) is 11.6 Å². The minimum Gasteiger partial charge on any atom is -0.298 e. The lowest BCUT2D eigenvalue weighted by Gasteiger charge is -2.26. The van der Waals surface area contributed by atoms with Gasteiger partial charge in [-0.25, -0.2) is 0 Å². The first-order valence-electron chi connectivity index (χ1n) is 3.78. The number of aldehydes is 1. The lowest BCUT2D eigenvalue weighted by Crippen LogP contribution is -2.14. The van der Waals surface area contributed by atoms with E-state index < -0.39 is 0 Å². The molecule has 1 heteroatoms. The molecule has 0 atom stereocenters. The van der Waals surface area contributed by atoms with Crippen LogP contribution in [0.5, 0.6) is 0 Å². The number of carbonyl (C=O) groups is 1. The highest BCUT2D eigenvalue weighted by Crippen LogP contribution is 2.33. The maximum atomic E-state index is 10.3. The number of hydrogen-bond acceptors (Lipinski definition) is 1. The number of rotatable bonds is 1. The minimum atomic E-state index is 0.423. The molecule has 0 aromatic rings. The van der Waals surface area contributed by atoms with Crippen molar-refractivity contribution in [3.05, 3.63) is 11.6 Å². The van der Waals surface area contributed by atoms with Gasteiger partial charge in [-0.1, -0.05) is 19.9 Å².